The monoisotopic (exact) mass is 299 g/mol. The van der Waals surface area contributed by atoms with Crippen LogP contribution in [-0.4, -0.2) is 43.5 Å². The summed E-state index contributed by atoms with van der Waals surface area (Å²) >= 11 is 5.88. The van der Waals surface area contributed by atoms with Crippen molar-refractivity contribution in [2.45, 2.75) is 18.9 Å². The largest absolute Gasteiger partial charge is 0.324 e. The Bertz CT molecular complexity index is 477. The van der Waals surface area contributed by atoms with Gasteiger partial charge in [0.2, 0.25) is 5.91 Å². The smallest absolute Gasteiger partial charge is 0.238 e. The normalized spacial score (nSPS) is 19.1. The van der Waals surface area contributed by atoms with E-state index in [1.54, 1.807) is 0 Å². The van der Waals surface area contributed by atoms with Crippen molar-refractivity contribution in [2.75, 3.05) is 32.0 Å². The molecule has 1 atom stereocenters. The number of rotatable bonds is 4. The minimum atomic E-state index is -0.418. The summed E-state index contributed by atoms with van der Waals surface area (Å²) in [5.41, 5.74) is 0.438. The first-order valence-corrected chi connectivity index (χ1v) is 7.10. The quantitative estimate of drug-likeness (QED) is 0.895. The van der Waals surface area contributed by atoms with Crippen molar-refractivity contribution < 1.29 is 9.18 Å². The number of nitrogens with one attached hydrogen (secondary N) is 2. The van der Waals surface area contributed by atoms with Crippen molar-refractivity contribution in [3.8, 4) is 0 Å². The molecule has 20 heavy (non-hydrogen) atoms. The molecule has 6 heteroatoms. The lowest BCUT2D eigenvalue weighted by molar-refractivity contribution is -0.117. The second-order valence-corrected chi connectivity index (χ2v) is 5.49. The van der Waals surface area contributed by atoms with Gasteiger partial charge in [-0.2, -0.15) is 0 Å². The van der Waals surface area contributed by atoms with Gasteiger partial charge in [-0.05, 0) is 44.6 Å². The number of hydrogen-bond acceptors (Lipinski definition) is 3. The Balaban J connectivity index is 1.88. The Morgan fingerprint density at radius 1 is 1.60 bits per heavy atom. The number of piperidine rings is 1. The molecule has 1 aromatic carbocycles. The Labute approximate surface area is 123 Å². The molecular formula is C14H19ClFN3O. The van der Waals surface area contributed by atoms with Crippen LogP contribution in [0, 0.1) is 5.82 Å². The summed E-state index contributed by atoms with van der Waals surface area (Å²) in [4.78, 5) is 14.0. The molecule has 1 unspecified atom stereocenters. The minimum Gasteiger partial charge on any atom is -0.324 e. The Kier molecular flexibility index (Phi) is 5.34. The lowest BCUT2D eigenvalue weighted by Gasteiger charge is -2.31. The van der Waals surface area contributed by atoms with Gasteiger partial charge in [0.25, 0.3) is 0 Å². The highest BCUT2D eigenvalue weighted by atomic mass is 35.5. The maximum atomic E-state index is 12.9. The number of anilines is 1. The van der Waals surface area contributed by atoms with Gasteiger partial charge in [0.1, 0.15) is 5.82 Å². The van der Waals surface area contributed by atoms with Gasteiger partial charge >= 0.3 is 0 Å². The summed E-state index contributed by atoms with van der Waals surface area (Å²) < 4.78 is 12.9. The molecule has 2 N–H and O–H groups in total. The Morgan fingerprint density at radius 3 is 3.05 bits per heavy atom. The van der Waals surface area contributed by atoms with Crippen LogP contribution in [-0.2, 0) is 4.79 Å². The van der Waals surface area contributed by atoms with Crippen molar-refractivity contribution in [1.82, 2.24) is 10.2 Å². The van der Waals surface area contributed by atoms with Crippen molar-refractivity contribution in [1.29, 1.82) is 0 Å². The van der Waals surface area contributed by atoms with Crippen LogP contribution in [0.15, 0.2) is 18.2 Å². The number of carbonyl (C=O) groups excluding carboxylic acids is 1. The molecule has 110 valence electrons. The average Bonchev–Trinajstić information content (AvgIpc) is 2.43. The van der Waals surface area contributed by atoms with E-state index >= 15 is 0 Å². The van der Waals surface area contributed by atoms with E-state index in [9.17, 15) is 9.18 Å². The highest BCUT2D eigenvalue weighted by Crippen LogP contribution is 2.22. The molecule has 0 radical (unpaired) electrons. The predicted octanol–water partition coefficient (Wildman–Crippen LogP) is 2.10. The number of hydrogen-bond donors (Lipinski definition) is 2. The van der Waals surface area contributed by atoms with E-state index in [0.29, 0.717) is 18.3 Å². The summed E-state index contributed by atoms with van der Waals surface area (Å²) in [5.74, 6) is -0.565. The van der Waals surface area contributed by atoms with E-state index in [4.69, 9.17) is 11.6 Å². The summed E-state index contributed by atoms with van der Waals surface area (Å²) in [5, 5.41) is 6.23. The summed E-state index contributed by atoms with van der Waals surface area (Å²) in [6, 6.07) is 4.30. The third kappa shape index (κ3) is 4.16. The van der Waals surface area contributed by atoms with E-state index < -0.39 is 5.82 Å². The zero-order valence-electron chi connectivity index (χ0n) is 11.5. The molecule has 1 heterocycles. The fourth-order valence-electron chi connectivity index (χ4n) is 2.35. The van der Waals surface area contributed by atoms with Gasteiger partial charge in [0.15, 0.2) is 0 Å². The van der Waals surface area contributed by atoms with Crippen molar-refractivity contribution in [3.63, 3.8) is 0 Å². The maximum Gasteiger partial charge on any atom is 0.238 e. The highest BCUT2D eigenvalue weighted by Gasteiger charge is 2.19. The molecule has 1 aliphatic rings. The molecule has 0 aliphatic carbocycles. The number of nitrogens with zero attached hydrogens (tertiary/aromatic N) is 1. The lowest BCUT2D eigenvalue weighted by Crippen LogP contribution is -2.46. The van der Waals surface area contributed by atoms with Gasteiger partial charge in [-0.15, -0.1) is 0 Å². The molecule has 0 saturated carbocycles. The molecule has 0 aromatic heterocycles. The predicted molar refractivity (Wildman–Crippen MR) is 78.6 cm³/mol. The van der Waals surface area contributed by atoms with E-state index in [-0.39, 0.29) is 10.9 Å². The fraction of sp³-hybridized carbons (Fsp3) is 0.500. The molecule has 0 spiro atoms. The van der Waals surface area contributed by atoms with Gasteiger partial charge in [-0.3, -0.25) is 9.69 Å². The van der Waals surface area contributed by atoms with E-state index in [1.807, 2.05) is 11.9 Å². The second-order valence-electron chi connectivity index (χ2n) is 5.09. The number of halogens is 2. The summed E-state index contributed by atoms with van der Waals surface area (Å²) in [6.07, 6.45) is 2.22. The molecular weight excluding hydrogens is 281 g/mol. The van der Waals surface area contributed by atoms with Crippen LogP contribution in [0.5, 0.6) is 0 Å². The summed E-state index contributed by atoms with van der Waals surface area (Å²) in [6.45, 7) is 2.24. The van der Waals surface area contributed by atoms with E-state index in [0.717, 1.165) is 25.9 Å². The molecule has 1 aromatic rings. The second kappa shape index (κ2) is 7.02. The van der Waals surface area contributed by atoms with Gasteiger partial charge < -0.3 is 10.6 Å². The zero-order chi connectivity index (χ0) is 14.5. The fourth-order valence-corrected chi connectivity index (χ4v) is 2.56. The molecule has 1 amide bonds. The number of carbonyl (C=O) groups is 1. The van der Waals surface area contributed by atoms with E-state index in [1.165, 1.54) is 18.2 Å². The van der Waals surface area contributed by atoms with Crippen LogP contribution in [0.4, 0.5) is 10.1 Å². The average molecular weight is 300 g/mol. The first-order chi connectivity index (χ1) is 9.56. The van der Waals surface area contributed by atoms with Crippen LogP contribution < -0.4 is 10.6 Å². The van der Waals surface area contributed by atoms with Crippen LogP contribution in [0.2, 0.25) is 5.02 Å². The van der Waals surface area contributed by atoms with Gasteiger partial charge in [-0.25, -0.2) is 4.39 Å². The molecule has 4 nitrogen and oxygen atoms in total. The number of likely N-dealkylation sites (N-methyl/N-ethyl adjacent to an activating group) is 1. The standard InChI is InChI=1S/C14H19ClFN3O/c1-19(11-3-2-6-17-8-11)9-14(20)18-13-5-4-10(16)7-12(13)15/h4-5,7,11,17H,2-3,6,8-9H2,1H3,(H,18,20). The van der Waals surface area contributed by atoms with Gasteiger partial charge in [0.05, 0.1) is 17.3 Å². The maximum absolute atomic E-state index is 12.9. The highest BCUT2D eigenvalue weighted by molar-refractivity contribution is 6.33. The van der Waals surface area contributed by atoms with Crippen molar-refractivity contribution in [3.05, 3.63) is 29.0 Å². The molecule has 0 bridgehead atoms. The lowest BCUT2D eigenvalue weighted by atomic mass is 10.1. The summed E-state index contributed by atoms with van der Waals surface area (Å²) in [7, 11) is 1.93. The van der Waals surface area contributed by atoms with Crippen LogP contribution >= 0.6 is 11.6 Å². The molecule has 1 saturated heterocycles. The third-order valence-electron chi connectivity index (χ3n) is 3.49. The number of amides is 1. The van der Waals surface area contributed by atoms with Crippen molar-refractivity contribution >= 4 is 23.2 Å². The molecule has 1 aliphatic heterocycles. The minimum absolute atomic E-state index is 0.147. The van der Waals surface area contributed by atoms with Crippen molar-refractivity contribution in [2.24, 2.45) is 0 Å². The first kappa shape index (κ1) is 15.2. The number of benzene rings is 1. The Morgan fingerprint density at radius 2 is 2.40 bits per heavy atom. The van der Waals surface area contributed by atoms with Crippen LogP contribution in [0.25, 0.3) is 0 Å². The zero-order valence-corrected chi connectivity index (χ0v) is 12.2. The SMILES string of the molecule is CN(CC(=O)Nc1ccc(F)cc1Cl)C1CCCNC1. The first-order valence-electron chi connectivity index (χ1n) is 6.72. The Hall–Kier alpha value is -1.17. The van der Waals surface area contributed by atoms with E-state index in [2.05, 4.69) is 10.6 Å². The molecule has 1 fully saturated rings. The van der Waals surface area contributed by atoms with Crippen LogP contribution in [0.3, 0.4) is 0 Å². The van der Waals surface area contributed by atoms with Crippen LogP contribution in [0.1, 0.15) is 12.8 Å². The topological polar surface area (TPSA) is 44.4 Å². The van der Waals surface area contributed by atoms with Gasteiger partial charge in [-0.1, -0.05) is 11.6 Å². The molecule has 2 rings (SSSR count). The van der Waals surface area contributed by atoms with Gasteiger partial charge in [0, 0.05) is 12.6 Å². The third-order valence-corrected chi connectivity index (χ3v) is 3.81.